The summed E-state index contributed by atoms with van der Waals surface area (Å²) in [4.78, 5) is 0. The molecule has 0 aromatic heterocycles. The molecule has 7 heteroatoms. The van der Waals surface area contributed by atoms with E-state index in [9.17, 15) is 22.0 Å². The molecule has 2 aromatic carbocycles. The Morgan fingerprint density at radius 2 is 1.28 bits per heavy atom. The maximum absolute atomic E-state index is 15.1. The van der Waals surface area contributed by atoms with E-state index in [0.717, 1.165) is 43.4 Å². The maximum atomic E-state index is 15.1. The summed E-state index contributed by atoms with van der Waals surface area (Å²) in [6.07, 6.45) is 6.61. The van der Waals surface area contributed by atoms with Crippen molar-refractivity contribution < 1.29 is 30.7 Å². The van der Waals surface area contributed by atoms with Gasteiger partial charge in [-0.25, -0.2) is 17.6 Å². The van der Waals surface area contributed by atoms with Gasteiger partial charge in [0.2, 0.25) is 0 Å². The quantitative estimate of drug-likeness (QED) is 0.299. The monoisotopic (exact) mass is 554 g/mol. The second-order valence-electron chi connectivity index (χ2n) is 11.6. The molecule has 0 aliphatic heterocycles. The number of benzene rings is 2. The molecule has 4 rings (SSSR count). The summed E-state index contributed by atoms with van der Waals surface area (Å²) >= 11 is 0. The van der Waals surface area contributed by atoms with Crippen molar-refractivity contribution in [3.05, 3.63) is 64.7 Å². The first-order chi connectivity index (χ1) is 18.5. The standard InChI is InChI=1S/C32H37F7/c1-3-4-19(2)20-5-7-21(8-6-20)22-9-11-23(12-10-22)24-15-29(35)31(30(36)16-24)25-17-27(33)26(28(34)18-25)13-14-32(37,38)39/h13-23H,3-12H2,1-2H3/b14-13+. The third-order valence-corrected chi connectivity index (χ3v) is 9.15. The van der Waals surface area contributed by atoms with Crippen molar-refractivity contribution in [2.45, 2.75) is 90.1 Å². The summed E-state index contributed by atoms with van der Waals surface area (Å²) in [6.45, 7) is 4.62. The molecule has 0 N–H and O–H groups in total. The van der Waals surface area contributed by atoms with E-state index < -0.39 is 46.1 Å². The van der Waals surface area contributed by atoms with Crippen LogP contribution in [0.3, 0.4) is 0 Å². The predicted octanol–water partition coefficient (Wildman–Crippen LogP) is 11.0. The number of alkyl halides is 3. The molecule has 0 heterocycles. The fourth-order valence-corrected chi connectivity index (χ4v) is 6.97. The van der Waals surface area contributed by atoms with Crippen LogP contribution in [0.2, 0.25) is 0 Å². The second kappa shape index (κ2) is 12.5. The summed E-state index contributed by atoms with van der Waals surface area (Å²) in [5.41, 5.74) is -1.38. The van der Waals surface area contributed by atoms with Gasteiger partial charge in [-0.3, -0.25) is 0 Å². The van der Waals surface area contributed by atoms with Crippen LogP contribution >= 0.6 is 0 Å². The molecule has 0 spiro atoms. The lowest BCUT2D eigenvalue weighted by atomic mass is 9.66. The van der Waals surface area contributed by atoms with E-state index >= 15 is 8.78 Å². The lowest BCUT2D eigenvalue weighted by Crippen LogP contribution is -2.27. The molecule has 39 heavy (non-hydrogen) atoms. The van der Waals surface area contributed by atoms with Gasteiger partial charge in [-0.05, 0) is 122 Å². The highest BCUT2D eigenvalue weighted by Crippen LogP contribution is 2.46. The van der Waals surface area contributed by atoms with Gasteiger partial charge in [0.25, 0.3) is 0 Å². The summed E-state index contributed by atoms with van der Waals surface area (Å²) in [6, 6.07) is 3.78. The fraction of sp³-hybridized carbons (Fsp3) is 0.562. The predicted molar refractivity (Wildman–Crippen MR) is 141 cm³/mol. The van der Waals surface area contributed by atoms with Crippen molar-refractivity contribution >= 4 is 6.08 Å². The minimum absolute atomic E-state index is 0.0172. The number of hydrogen-bond acceptors (Lipinski definition) is 0. The lowest BCUT2D eigenvalue weighted by molar-refractivity contribution is -0.0790. The first kappa shape index (κ1) is 29.7. The topological polar surface area (TPSA) is 0 Å². The van der Waals surface area contributed by atoms with E-state index in [1.807, 2.05) is 0 Å². The zero-order chi connectivity index (χ0) is 28.3. The van der Waals surface area contributed by atoms with Crippen molar-refractivity contribution in [1.82, 2.24) is 0 Å². The minimum atomic E-state index is -4.75. The van der Waals surface area contributed by atoms with E-state index in [-0.39, 0.29) is 18.1 Å². The summed E-state index contributed by atoms with van der Waals surface area (Å²) in [5.74, 6) is -1.54. The van der Waals surface area contributed by atoms with Gasteiger partial charge >= 0.3 is 6.18 Å². The molecular weight excluding hydrogens is 517 g/mol. The zero-order valence-electron chi connectivity index (χ0n) is 22.6. The molecule has 2 saturated carbocycles. The van der Waals surface area contributed by atoms with Crippen molar-refractivity contribution in [3.8, 4) is 11.1 Å². The highest BCUT2D eigenvalue weighted by molar-refractivity contribution is 5.68. The second-order valence-corrected chi connectivity index (χ2v) is 11.6. The minimum Gasteiger partial charge on any atom is -0.206 e. The average molecular weight is 555 g/mol. The molecule has 0 amide bonds. The Morgan fingerprint density at radius 1 is 0.769 bits per heavy atom. The fourth-order valence-electron chi connectivity index (χ4n) is 6.97. The maximum Gasteiger partial charge on any atom is 0.409 e. The van der Waals surface area contributed by atoms with Crippen LogP contribution in [0.1, 0.15) is 95.1 Å². The molecule has 1 unspecified atom stereocenters. The molecule has 2 fully saturated rings. The molecule has 1 atom stereocenters. The number of allylic oxidation sites excluding steroid dienone is 1. The van der Waals surface area contributed by atoms with Crippen LogP contribution < -0.4 is 0 Å². The van der Waals surface area contributed by atoms with Crippen LogP contribution in [0.4, 0.5) is 30.7 Å². The van der Waals surface area contributed by atoms with Gasteiger partial charge in [-0.1, -0.05) is 26.7 Å². The van der Waals surface area contributed by atoms with E-state index in [4.69, 9.17) is 0 Å². The summed E-state index contributed by atoms with van der Waals surface area (Å²) in [7, 11) is 0. The molecule has 2 aromatic rings. The van der Waals surface area contributed by atoms with Crippen LogP contribution in [0, 0.1) is 46.9 Å². The first-order valence-corrected chi connectivity index (χ1v) is 14.2. The van der Waals surface area contributed by atoms with Gasteiger partial charge in [0, 0.05) is 11.6 Å². The molecule has 214 valence electrons. The molecule has 0 saturated heterocycles. The van der Waals surface area contributed by atoms with Crippen LogP contribution in [0.5, 0.6) is 0 Å². The Balaban J connectivity index is 1.42. The number of halogens is 7. The zero-order valence-corrected chi connectivity index (χ0v) is 22.6. The third kappa shape index (κ3) is 7.26. The van der Waals surface area contributed by atoms with Gasteiger partial charge in [0.15, 0.2) is 0 Å². The summed E-state index contributed by atoms with van der Waals surface area (Å²) in [5, 5.41) is 0. The van der Waals surface area contributed by atoms with E-state index in [1.54, 1.807) is 0 Å². The normalized spacial score (nSPS) is 25.3. The highest BCUT2D eigenvalue weighted by atomic mass is 19.4. The Kier molecular flexibility index (Phi) is 9.49. The van der Waals surface area contributed by atoms with Gasteiger partial charge in [-0.2, -0.15) is 13.2 Å². The van der Waals surface area contributed by atoms with Crippen molar-refractivity contribution in [2.75, 3.05) is 0 Å². The van der Waals surface area contributed by atoms with Gasteiger partial charge in [0.1, 0.15) is 23.3 Å². The van der Waals surface area contributed by atoms with Gasteiger partial charge in [-0.15, -0.1) is 0 Å². The van der Waals surface area contributed by atoms with Crippen molar-refractivity contribution in [2.24, 2.45) is 23.7 Å². The molecule has 0 radical (unpaired) electrons. The van der Waals surface area contributed by atoms with Gasteiger partial charge in [0.05, 0.1) is 5.56 Å². The molecule has 0 nitrogen and oxygen atoms in total. The number of rotatable bonds is 7. The van der Waals surface area contributed by atoms with Gasteiger partial charge < -0.3 is 0 Å². The SMILES string of the molecule is CCCC(C)C1CCC(C2CCC(c3cc(F)c(-c4cc(F)c(/C=C/C(F)(F)F)c(F)c4)c(F)c3)CC2)CC1. The average Bonchev–Trinajstić information content (AvgIpc) is 2.87. The van der Waals surface area contributed by atoms with Crippen LogP contribution in [0.25, 0.3) is 17.2 Å². The van der Waals surface area contributed by atoms with E-state index in [2.05, 4.69) is 13.8 Å². The van der Waals surface area contributed by atoms with Crippen LogP contribution in [-0.4, -0.2) is 6.18 Å². The van der Waals surface area contributed by atoms with E-state index in [1.165, 1.54) is 50.7 Å². The van der Waals surface area contributed by atoms with Crippen LogP contribution in [0.15, 0.2) is 30.3 Å². The number of hydrogen-bond donors (Lipinski definition) is 0. The Hall–Kier alpha value is -2.31. The van der Waals surface area contributed by atoms with Crippen LogP contribution in [-0.2, 0) is 0 Å². The van der Waals surface area contributed by atoms with Crippen molar-refractivity contribution in [1.29, 1.82) is 0 Å². The molecule has 2 aliphatic rings. The first-order valence-electron chi connectivity index (χ1n) is 14.2. The Morgan fingerprint density at radius 3 is 1.77 bits per heavy atom. The molecule has 2 aliphatic carbocycles. The lowest BCUT2D eigenvalue weighted by Gasteiger charge is -2.39. The Bertz CT molecular complexity index is 1100. The summed E-state index contributed by atoms with van der Waals surface area (Å²) < 4.78 is 96.2. The Labute approximate surface area is 226 Å². The third-order valence-electron chi connectivity index (χ3n) is 9.15. The largest absolute Gasteiger partial charge is 0.409 e. The smallest absolute Gasteiger partial charge is 0.206 e. The highest BCUT2D eigenvalue weighted by Gasteiger charge is 2.33. The van der Waals surface area contributed by atoms with Crippen molar-refractivity contribution in [3.63, 3.8) is 0 Å². The molecular formula is C32H37F7. The molecule has 0 bridgehead atoms. The van der Waals surface area contributed by atoms with E-state index in [0.29, 0.717) is 23.6 Å².